The molecule has 132 valence electrons. The molecule has 1 aliphatic rings. The summed E-state index contributed by atoms with van der Waals surface area (Å²) in [7, 11) is 0. The van der Waals surface area contributed by atoms with Crippen LogP contribution in [0.1, 0.15) is 18.5 Å². The first-order valence-electron chi connectivity index (χ1n) is 8.41. The SMILES string of the molecule is C[C@@H]1Nc2ncnn2[C@H](c2cccc(Cl)c2)[C@@H]1C(=O)Nc1ccccc1. The van der Waals surface area contributed by atoms with Gasteiger partial charge in [0.25, 0.3) is 0 Å². The van der Waals surface area contributed by atoms with Crippen LogP contribution in [-0.2, 0) is 4.79 Å². The maximum absolute atomic E-state index is 13.1. The largest absolute Gasteiger partial charge is 0.351 e. The first kappa shape index (κ1) is 16.6. The molecule has 0 fully saturated rings. The summed E-state index contributed by atoms with van der Waals surface area (Å²) in [6, 6.07) is 16.5. The number of hydrogen-bond acceptors (Lipinski definition) is 4. The number of fused-ring (bicyclic) bond motifs is 1. The normalized spacial score (nSPS) is 21.5. The molecule has 1 aliphatic heterocycles. The van der Waals surface area contributed by atoms with Crippen LogP contribution in [-0.4, -0.2) is 26.7 Å². The third kappa shape index (κ3) is 3.04. The number of para-hydroxylation sites is 1. The van der Waals surface area contributed by atoms with Crippen molar-refractivity contribution in [2.75, 3.05) is 10.6 Å². The van der Waals surface area contributed by atoms with Crippen molar-refractivity contribution < 1.29 is 4.79 Å². The number of carbonyl (C=O) groups is 1. The van der Waals surface area contributed by atoms with Crippen LogP contribution in [0.3, 0.4) is 0 Å². The Labute approximate surface area is 156 Å². The lowest BCUT2D eigenvalue weighted by molar-refractivity contribution is -0.121. The van der Waals surface area contributed by atoms with E-state index in [-0.39, 0.29) is 23.9 Å². The number of nitrogens with one attached hydrogen (secondary N) is 2. The topological polar surface area (TPSA) is 71.8 Å². The molecule has 6 nitrogen and oxygen atoms in total. The Bertz CT molecular complexity index is 926. The summed E-state index contributed by atoms with van der Waals surface area (Å²) in [6.07, 6.45) is 1.49. The average Bonchev–Trinajstić information content (AvgIpc) is 3.09. The molecular weight excluding hydrogens is 350 g/mol. The molecular formula is C19H18ClN5O. The number of hydrogen-bond donors (Lipinski definition) is 2. The number of rotatable bonds is 3. The Kier molecular flexibility index (Phi) is 4.34. The van der Waals surface area contributed by atoms with Crippen molar-refractivity contribution in [3.8, 4) is 0 Å². The minimum atomic E-state index is -0.386. The molecule has 0 aliphatic carbocycles. The lowest BCUT2D eigenvalue weighted by atomic mass is 9.85. The predicted octanol–water partition coefficient (Wildman–Crippen LogP) is 3.59. The van der Waals surface area contributed by atoms with Crippen molar-refractivity contribution >= 4 is 29.1 Å². The molecule has 0 bridgehead atoms. The Balaban J connectivity index is 1.74. The molecule has 1 aromatic heterocycles. The Morgan fingerprint density at radius 2 is 2.00 bits per heavy atom. The first-order valence-corrected chi connectivity index (χ1v) is 8.78. The van der Waals surface area contributed by atoms with E-state index in [1.807, 2.05) is 61.5 Å². The smallest absolute Gasteiger partial charge is 0.232 e. The highest BCUT2D eigenvalue weighted by molar-refractivity contribution is 6.30. The summed E-state index contributed by atoms with van der Waals surface area (Å²) in [5, 5.41) is 11.2. The molecule has 0 saturated carbocycles. The second-order valence-corrected chi connectivity index (χ2v) is 6.78. The molecule has 0 unspecified atom stereocenters. The van der Waals surface area contributed by atoms with Crippen molar-refractivity contribution in [2.45, 2.75) is 19.0 Å². The lowest BCUT2D eigenvalue weighted by Crippen LogP contribution is -2.46. The van der Waals surface area contributed by atoms with E-state index in [2.05, 4.69) is 20.7 Å². The van der Waals surface area contributed by atoms with Gasteiger partial charge in [0.05, 0.1) is 12.0 Å². The van der Waals surface area contributed by atoms with Crippen LogP contribution in [0.2, 0.25) is 5.02 Å². The third-order valence-electron chi connectivity index (χ3n) is 4.61. The highest BCUT2D eigenvalue weighted by Gasteiger charge is 2.41. The quantitative estimate of drug-likeness (QED) is 0.742. The van der Waals surface area contributed by atoms with E-state index in [1.165, 1.54) is 6.33 Å². The van der Waals surface area contributed by atoms with Gasteiger partial charge in [-0.1, -0.05) is 41.9 Å². The summed E-state index contributed by atoms with van der Waals surface area (Å²) in [5.41, 5.74) is 1.68. The lowest BCUT2D eigenvalue weighted by Gasteiger charge is -2.36. The fourth-order valence-corrected chi connectivity index (χ4v) is 3.63. The molecule has 2 heterocycles. The minimum Gasteiger partial charge on any atom is -0.351 e. The van der Waals surface area contributed by atoms with Gasteiger partial charge < -0.3 is 10.6 Å². The van der Waals surface area contributed by atoms with E-state index in [0.29, 0.717) is 11.0 Å². The van der Waals surface area contributed by atoms with Gasteiger partial charge >= 0.3 is 0 Å². The van der Waals surface area contributed by atoms with Crippen LogP contribution in [0.5, 0.6) is 0 Å². The number of halogens is 1. The zero-order valence-corrected chi connectivity index (χ0v) is 14.9. The van der Waals surface area contributed by atoms with Crippen molar-refractivity contribution in [1.29, 1.82) is 0 Å². The highest BCUT2D eigenvalue weighted by Crippen LogP contribution is 2.37. The van der Waals surface area contributed by atoms with Crippen molar-refractivity contribution in [2.24, 2.45) is 5.92 Å². The Hall–Kier alpha value is -2.86. The monoisotopic (exact) mass is 367 g/mol. The van der Waals surface area contributed by atoms with Crippen LogP contribution in [0.4, 0.5) is 11.6 Å². The number of carbonyl (C=O) groups excluding carboxylic acids is 1. The zero-order valence-electron chi connectivity index (χ0n) is 14.1. The summed E-state index contributed by atoms with van der Waals surface area (Å²) < 4.78 is 1.75. The van der Waals surface area contributed by atoms with Gasteiger partial charge in [0, 0.05) is 16.8 Å². The van der Waals surface area contributed by atoms with Crippen LogP contribution < -0.4 is 10.6 Å². The molecule has 3 atom stereocenters. The molecule has 3 aromatic rings. The van der Waals surface area contributed by atoms with Gasteiger partial charge in [-0.15, -0.1) is 0 Å². The predicted molar refractivity (Wildman–Crippen MR) is 101 cm³/mol. The van der Waals surface area contributed by atoms with E-state index < -0.39 is 0 Å². The number of aromatic nitrogens is 3. The molecule has 2 aromatic carbocycles. The third-order valence-corrected chi connectivity index (χ3v) is 4.84. The van der Waals surface area contributed by atoms with E-state index >= 15 is 0 Å². The Morgan fingerprint density at radius 1 is 1.19 bits per heavy atom. The molecule has 0 radical (unpaired) electrons. The van der Waals surface area contributed by atoms with Gasteiger partial charge in [0.1, 0.15) is 6.33 Å². The van der Waals surface area contributed by atoms with Crippen LogP contribution in [0.15, 0.2) is 60.9 Å². The maximum atomic E-state index is 13.1. The zero-order chi connectivity index (χ0) is 18.1. The standard InChI is InChI=1S/C19H18ClN5O/c1-12-16(18(26)24-15-8-3-2-4-9-15)17(13-6-5-7-14(20)10-13)25-19(23-12)21-11-22-25/h2-12,16-17H,1H3,(H,24,26)(H,21,22,23)/t12-,16+,17+/m0/s1. The van der Waals surface area contributed by atoms with Crippen LogP contribution in [0, 0.1) is 5.92 Å². The van der Waals surface area contributed by atoms with Gasteiger partial charge in [0.15, 0.2) is 0 Å². The molecule has 4 rings (SSSR count). The minimum absolute atomic E-state index is 0.0812. The second-order valence-electron chi connectivity index (χ2n) is 6.34. The molecule has 0 spiro atoms. The number of nitrogens with zero attached hydrogens (tertiary/aromatic N) is 3. The molecule has 0 saturated heterocycles. The fourth-order valence-electron chi connectivity index (χ4n) is 3.43. The van der Waals surface area contributed by atoms with Gasteiger partial charge in [-0.3, -0.25) is 4.79 Å². The van der Waals surface area contributed by atoms with Gasteiger partial charge in [-0.2, -0.15) is 10.1 Å². The van der Waals surface area contributed by atoms with Crippen LogP contribution >= 0.6 is 11.6 Å². The molecule has 7 heteroatoms. The first-order chi connectivity index (χ1) is 12.6. The summed E-state index contributed by atoms with van der Waals surface area (Å²) in [5.74, 6) is 0.177. The molecule has 26 heavy (non-hydrogen) atoms. The van der Waals surface area contributed by atoms with Crippen molar-refractivity contribution in [1.82, 2.24) is 14.8 Å². The van der Waals surface area contributed by atoms with Gasteiger partial charge in [-0.05, 0) is 36.8 Å². The van der Waals surface area contributed by atoms with Crippen LogP contribution in [0.25, 0.3) is 0 Å². The van der Waals surface area contributed by atoms with Crippen molar-refractivity contribution in [3.63, 3.8) is 0 Å². The van der Waals surface area contributed by atoms with E-state index in [1.54, 1.807) is 4.68 Å². The Morgan fingerprint density at radius 3 is 2.77 bits per heavy atom. The van der Waals surface area contributed by atoms with E-state index in [4.69, 9.17) is 11.6 Å². The summed E-state index contributed by atoms with van der Waals surface area (Å²) in [4.78, 5) is 17.4. The summed E-state index contributed by atoms with van der Waals surface area (Å²) in [6.45, 7) is 1.98. The number of amides is 1. The average molecular weight is 368 g/mol. The number of anilines is 2. The second kappa shape index (κ2) is 6.80. The molecule has 2 N–H and O–H groups in total. The fraction of sp³-hybridized carbons (Fsp3) is 0.211. The van der Waals surface area contributed by atoms with Gasteiger partial charge in [-0.25, -0.2) is 4.68 Å². The molecule has 1 amide bonds. The van der Waals surface area contributed by atoms with E-state index in [9.17, 15) is 4.79 Å². The van der Waals surface area contributed by atoms with E-state index in [0.717, 1.165) is 11.3 Å². The van der Waals surface area contributed by atoms with Gasteiger partial charge in [0.2, 0.25) is 11.9 Å². The summed E-state index contributed by atoms with van der Waals surface area (Å²) >= 11 is 6.20. The maximum Gasteiger partial charge on any atom is 0.232 e. The number of benzene rings is 2. The highest BCUT2D eigenvalue weighted by atomic mass is 35.5. The van der Waals surface area contributed by atoms with Crippen molar-refractivity contribution in [3.05, 3.63) is 71.5 Å².